The number of alkyl halides is 1. The van der Waals surface area contributed by atoms with E-state index in [0.717, 1.165) is 16.6 Å². The summed E-state index contributed by atoms with van der Waals surface area (Å²) in [6.45, 7) is 5.55. The minimum atomic E-state index is -1.59. The van der Waals surface area contributed by atoms with Gasteiger partial charge in [-0.15, -0.1) is 0 Å². The fourth-order valence-electron chi connectivity index (χ4n) is 2.46. The molecule has 2 aromatic rings. The van der Waals surface area contributed by atoms with Crippen LogP contribution in [0.1, 0.15) is 36.6 Å². The minimum Gasteiger partial charge on any atom is -0.381 e. The molecule has 1 amide bonds. The summed E-state index contributed by atoms with van der Waals surface area (Å²) in [5, 5.41) is 12.7. The van der Waals surface area contributed by atoms with Crippen LogP contribution in [0.4, 0.5) is 4.39 Å². The second-order valence-electron chi connectivity index (χ2n) is 5.63. The molecule has 0 radical (unpaired) electrons. The Hall–Kier alpha value is -1.88. The molecule has 1 atom stereocenters. The highest BCUT2D eigenvalue weighted by Gasteiger charge is 2.14. The molecule has 0 fully saturated rings. The van der Waals surface area contributed by atoms with Crippen molar-refractivity contribution < 1.29 is 14.3 Å². The van der Waals surface area contributed by atoms with Gasteiger partial charge in [0.25, 0.3) is 5.91 Å². The van der Waals surface area contributed by atoms with Crippen molar-refractivity contribution in [1.29, 1.82) is 0 Å². The topological polar surface area (TPSA) is 65.1 Å². The third-order valence-electron chi connectivity index (χ3n) is 3.59. The lowest BCUT2D eigenvalue weighted by Gasteiger charge is -2.09. The number of fused-ring (bicyclic) bond motifs is 1. The van der Waals surface area contributed by atoms with Crippen LogP contribution >= 0.6 is 0 Å². The molecule has 0 spiro atoms. The van der Waals surface area contributed by atoms with Gasteiger partial charge in [-0.25, -0.2) is 4.39 Å². The molecule has 0 saturated heterocycles. The molecule has 0 aliphatic carbocycles. The molecule has 0 bridgehead atoms. The summed E-state index contributed by atoms with van der Waals surface area (Å²) in [4.78, 5) is 14.6. The first kappa shape index (κ1) is 15.5. The summed E-state index contributed by atoms with van der Waals surface area (Å²) in [5.41, 5.74) is 4.36. The van der Waals surface area contributed by atoms with Gasteiger partial charge < -0.3 is 15.4 Å². The molecule has 3 N–H and O–H groups in total. The number of carbonyl (C=O) groups is 1. The zero-order valence-electron chi connectivity index (χ0n) is 12.5. The molecule has 114 valence electrons. The minimum absolute atomic E-state index is 0.237. The fourth-order valence-corrected chi connectivity index (χ4v) is 2.46. The Balaban J connectivity index is 2.18. The summed E-state index contributed by atoms with van der Waals surface area (Å²) in [6.07, 6.45) is -1.59. The third kappa shape index (κ3) is 3.42. The molecule has 5 heteroatoms. The molecule has 4 nitrogen and oxygen atoms in total. The van der Waals surface area contributed by atoms with Crippen molar-refractivity contribution >= 4 is 16.8 Å². The van der Waals surface area contributed by atoms with E-state index in [1.165, 1.54) is 11.1 Å². The highest BCUT2D eigenvalue weighted by Crippen LogP contribution is 2.25. The van der Waals surface area contributed by atoms with Gasteiger partial charge in [-0.05, 0) is 47.6 Å². The number of H-pyrrole nitrogens is 1. The van der Waals surface area contributed by atoms with Gasteiger partial charge >= 0.3 is 0 Å². The van der Waals surface area contributed by atoms with Crippen molar-refractivity contribution in [3.63, 3.8) is 0 Å². The number of nitrogens with one attached hydrogen (secondary N) is 2. The van der Waals surface area contributed by atoms with Crippen LogP contribution in [0.3, 0.4) is 0 Å². The SMILES string of the molecule is Cc1cc2cc(CNC(=O)C(O)CF)[nH]c2cc1C(C)C. The van der Waals surface area contributed by atoms with Crippen molar-refractivity contribution in [2.24, 2.45) is 0 Å². The first-order valence-electron chi connectivity index (χ1n) is 7.06. The molecule has 1 aromatic carbocycles. The summed E-state index contributed by atoms with van der Waals surface area (Å²) >= 11 is 0. The lowest BCUT2D eigenvalue weighted by Crippen LogP contribution is -2.35. The fraction of sp³-hybridized carbons (Fsp3) is 0.438. The molecule has 1 heterocycles. The molecule has 1 unspecified atom stereocenters. The quantitative estimate of drug-likeness (QED) is 0.793. The van der Waals surface area contributed by atoms with Crippen molar-refractivity contribution in [3.05, 3.63) is 35.0 Å². The standard InChI is InChI=1S/C16H21FN2O2/c1-9(2)13-6-14-11(4-10(13)3)5-12(19-14)8-18-16(21)15(20)7-17/h4-6,9,15,19-20H,7-8H2,1-3H3,(H,18,21). The number of aryl methyl sites for hydroxylation is 1. The van der Waals surface area contributed by atoms with E-state index in [-0.39, 0.29) is 6.54 Å². The van der Waals surface area contributed by atoms with Crippen LogP contribution in [0.25, 0.3) is 10.9 Å². The highest BCUT2D eigenvalue weighted by molar-refractivity contribution is 5.83. The largest absolute Gasteiger partial charge is 0.381 e. The Morgan fingerprint density at radius 3 is 2.71 bits per heavy atom. The predicted octanol–water partition coefficient (Wildman–Crippen LogP) is 2.55. The summed E-state index contributed by atoms with van der Waals surface area (Å²) in [7, 11) is 0. The maximum absolute atomic E-state index is 12.2. The zero-order chi connectivity index (χ0) is 15.6. The van der Waals surface area contributed by atoms with Crippen molar-refractivity contribution in [1.82, 2.24) is 10.3 Å². The summed E-state index contributed by atoms with van der Waals surface area (Å²) in [6, 6.07) is 6.19. The number of aromatic nitrogens is 1. The van der Waals surface area contributed by atoms with Crippen molar-refractivity contribution in [2.45, 2.75) is 39.3 Å². The van der Waals surface area contributed by atoms with Gasteiger partial charge in [-0.2, -0.15) is 0 Å². The molecule has 0 saturated carbocycles. The second kappa shape index (κ2) is 6.26. The highest BCUT2D eigenvalue weighted by atomic mass is 19.1. The van der Waals surface area contributed by atoms with Crippen molar-refractivity contribution in [2.75, 3.05) is 6.67 Å². The van der Waals surface area contributed by atoms with Crippen LogP contribution in [-0.2, 0) is 11.3 Å². The summed E-state index contributed by atoms with van der Waals surface area (Å²) < 4.78 is 12.2. The Bertz CT molecular complexity index is 649. The van der Waals surface area contributed by atoms with E-state index < -0.39 is 18.7 Å². The molecular weight excluding hydrogens is 271 g/mol. The first-order chi connectivity index (χ1) is 9.92. The van der Waals surface area contributed by atoms with E-state index in [9.17, 15) is 9.18 Å². The third-order valence-corrected chi connectivity index (χ3v) is 3.59. The van der Waals surface area contributed by atoms with Gasteiger partial charge in [-0.1, -0.05) is 13.8 Å². The van der Waals surface area contributed by atoms with Crippen LogP contribution in [0.5, 0.6) is 0 Å². The van der Waals surface area contributed by atoms with Crippen molar-refractivity contribution in [3.8, 4) is 0 Å². The Morgan fingerprint density at radius 1 is 1.38 bits per heavy atom. The normalized spacial score (nSPS) is 12.9. The number of carbonyl (C=O) groups excluding carboxylic acids is 1. The maximum atomic E-state index is 12.2. The zero-order valence-corrected chi connectivity index (χ0v) is 12.5. The van der Waals surface area contributed by atoms with E-state index in [1.807, 2.05) is 6.07 Å². The number of amides is 1. The predicted molar refractivity (Wildman–Crippen MR) is 81.0 cm³/mol. The van der Waals surface area contributed by atoms with Crippen LogP contribution in [0.15, 0.2) is 18.2 Å². The number of hydrogen-bond acceptors (Lipinski definition) is 2. The van der Waals surface area contributed by atoms with Crippen LogP contribution in [0.2, 0.25) is 0 Å². The van der Waals surface area contributed by atoms with E-state index in [1.54, 1.807) is 0 Å². The number of aliphatic hydroxyl groups excluding tert-OH is 1. The average Bonchev–Trinajstić information content (AvgIpc) is 2.84. The summed E-state index contributed by atoms with van der Waals surface area (Å²) in [5.74, 6) is -0.254. The van der Waals surface area contributed by atoms with E-state index >= 15 is 0 Å². The molecule has 1 aromatic heterocycles. The Labute approximate surface area is 123 Å². The average molecular weight is 292 g/mol. The maximum Gasteiger partial charge on any atom is 0.251 e. The van der Waals surface area contributed by atoms with Gasteiger partial charge in [0.05, 0.1) is 6.54 Å². The Morgan fingerprint density at radius 2 is 2.10 bits per heavy atom. The van der Waals surface area contributed by atoms with E-state index in [0.29, 0.717) is 5.92 Å². The van der Waals surface area contributed by atoms with Crippen LogP contribution < -0.4 is 5.32 Å². The smallest absolute Gasteiger partial charge is 0.251 e. The molecular formula is C16H21FN2O2. The number of aromatic amines is 1. The molecule has 2 rings (SSSR count). The lowest BCUT2D eigenvalue weighted by atomic mass is 9.97. The van der Waals surface area contributed by atoms with Gasteiger partial charge in [0.1, 0.15) is 6.67 Å². The van der Waals surface area contributed by atoms with Crippen LogP contribution in [0, 0.1) is 6.92 Å². The number of benzene rings is 1. The first-order valence-corrected chi connectivity index (χ1v) is 7.06. The number of aliphatic hydroxyl groups is 1. The lowest BCUT2D eigenvalue weighted by molar-refractivity contribution is -0.130. The van der Waals surface area contributed by atoms with Gasteiger partial charge in [-0.3, -0.25) is 4.79 Å². The molecule has 21 heavy (non-hydrogen) atoms. The number of hydrogen-bond donors (Lipinski definition) is 3. The van der Waals surface area contributed by atoms with Gasteiger partial charge in [0.2, 0.25) is 0 Å². The number of halogens is 1. The Kier molecular flexibility index (Phi) is 4.63. The molecule has 0 aliphatic rings. The van der Waals surface area contributed by atoms with Gasteiger partial charge in [0.15, 0.2) is 6.10 Å². The van der Waals surface area contributed by atoms with E-state index in [4.69, 9.17) is 5.11 Å². The van der Waals surface area contributed by atoms with Gasteiger partial charge in [0, 0.05) is 11.2 Å². The number of rotatable bonds is 5. The second-order valence-corrected chi connectivity index (χ2v) is 5.63. The van der Waals surface area contributed by atoms with Crippen LogP contribution in [-0.4, -0.2) is 28.8 Å². The monoisotopic (exact) mass is 292 g/mol. The molecule has 0 aliphatic heterocycles. The van der Waals surface area contributed by atoms with E-state index in [2.05, 4.69) is 43.2 Å².